The molecule has 0 spiro atoms. The van der Waals surface area contributed by atoms with Crippen molar-refractivity contribution < 1.29 is 0 Å². The van der Waals surface area contributed by atoms with Crippen molar-refractivity contribution in [1.29, 1.82) is 0 Å². The second kappa shape index (κ2) is 6.12. The molecule has 2 aromatic rings. The fourth-order valence-electron chi connectivity index (χ4n) is 3.37. The molecule has 0 amide bonds. The third-order valence-electron chi connectivity index (χ3n) is 4.61. The van der Waals surface area contributed by atoms with Gasteiger partial charge in [-0.2, -0.15) is 0 Å². The summed E-state index contributed by atoms with van der Waals surface area (Å²) >= 11 is 0. The molecule has 0 radical (unpaired) electrons. The minimum absolute atomic E-state index is 0.199. The molecule has 1 saturated heterocycles. The van der Waals surface area contributed by atoms with Crippen LogP contribution in [0.15, 0.2) is 24.4 Å². The number of hydrogen-bond acceptors (Lipinski definition) is 4. The summed E-state index contributed by atoms with van der Waals surface area (Å²) < 4.78 is 2.07. The van der Waals surface area contributed by atoms with Crippen LogP contribution in [-0.2, 0) is 0 Å². The zero-order valence-corrected chi connectivity index (χ0v) is 13.2. The molecule has 3 heterocycles. The third-order valence-corrected chi connectivity index (χ3v) is 4.61. The summed E-state index contributed by atoms with van der Waals surface area (Å²) in [5.74, 6) is 1.70. The summed E-state index contributed by atoms with van der Waals surface area (Å²) in [6.07, 6.45) is 4.64. The summed E-state index contributed by atoms with van der Waals surface area (Å²) in [5.41, 5.74) is 0.909. The number of likely N-dealkylation sites (tertiary alicyclic amines) is 1. The van der Waals surface area contributed by atoms with Crippen molar-refractivity contribution in [2.24, 2.45) is 5.92 Å². The van der Waals surface area contributed by atoms with Gasteiger partial charge in [0.05, 0.1) is 6.04 Å². The van der Waals surface area contributed by atoms with Crippen LogP contribution in [-0.4, -0.2) is 45.7 Å². The zero-order chi connectivity index (χ0) is 14.8. The van der Waals surface area contributed by atoms with Crippen LogP contribution in [0.2, 0.25) is 0 Å². The number of pyridine rings is 1. The topological polar surface area (TPSA) is 45.5 Å². The van der Waals surface area contributed by atoms with Gasteiger partial charge in [-0.15, -0.1) is 10.2 Å². The molecular weight excluding hydrogens is 262 g/mol. The first-order valence-corrected chi connectivity index (χ1v) is 7.89. The Morgan fingerprint density at radius 3 is 2.95 bits per heavy atom. The first-order valence-electron chi connectivity index (χ1n) is 7.89. The van der Waals surface area contributed by atoms with Crippen molar-refractivity contribution in [2.45, 2.75) is 38.8 Å². The highest BCUT2D eigenvalue weighted by Crippen LogP contribution is 2.21. The number of nitrogens with one attached hydrogen (secondary N) is 1. The Labute approximate surface area is 126 Å². The molecule has 5 heteroatoms. The lowest BCUT2D eigenvalue weighted by molar-refractivity contribution is 0.173. The lowest BCUT2D eigenvalue weighted by atomic mass is 9.91. The average Bonchev–Trinajstić information content (AvgIpc) is 2.91. The number of nitrogens with zero attached hydrogens (tertiary/aromatic N) is 4. The monoisotopic (exact) mass is 287 g/mol. The minimum atomic E-state index is 0.199. The van der Waals surface area contributed by atoms with Gasteiger partial charge in [0, 0.05) is 18.8 Å². The van der Waals surface area contributed by atoms with Gasteiger partial charge in [-0.3, -0.25) is 4.40 Å². The van der Waals surface area contributed by atoms with E-state index in [-0.39, 0.29) is 6.04 Å². The van der Waals surface area contributed by atoms with E-state index < -0.39 is 0 Å². The molecule has 114 valence electrons. The Morgan fingerprint density at radius 1 is 1.29 bits per heavy atom. The maximum absolute atomic E-state index is 4.35. The van der Waals surface area contributed by atoms with Crippen molar-refractivity contribution in [1.82, 2.24) is 24.8 Å². The van der Waals surface area contributed by atoms with E-state index in [1.54, 1.807) is 0 Å². The highest BCUT2D eigenvalue weighted by atomic mass is 15.3. The van der Waals surface area contributed by atoms with Gasteiger partial charge in [-0.05, 0) is 58.3 Å². The van der Waals surface area contributed by atoms with E-state index in [0.717, 1.165) is 11.5 Å². The van der Waals surface area contributed by atoms with Crippen molar-refractivity contribution in [3.8, 4) is 0 Å². The fraction of sp³-hybridized carbons (Fsp3) is 0.625. The average molecular weight is 287 g/mol. The van der Waals surface area contributed by atoms with E-state index in [9.17, 15) is 0 Å². The smallest absolute Gasteiger partial charge is 0.160 e. The van der Waals surface area contributed by atoms with Gasteiger partial charge >= 0.3 is 0 Å². The molecule has 1 fully saturated rings. The molecule has 2 aromatic heterocycles. The molecule has 0 aliphatic carbocycles. The molecule has 5 nitrogen and oxygen atoms in total. The van der Waals surface area contributed by atoms with Gasteiger partial charge in [-0.1, -0.05) is 6.07 Å². The zero-order valence-electron chi connectivity index (χ0n) is 13.2. The molecule has 3 rings (SSSR count). The molecule has 0 bridgehead atoms. The third kappa shape index (κ3) is 3.09. The molecule has 1 aliphatic heterocycles. The SMILES string of the molecule is CC(NC(C)C1CCCN(C)C1)c1nnc2ccccn12. The highest BCUT2D eigenvalue weighted by molar-refractivity contribution is 5.37. The van der Waals surface area contributed by atoms with E-state index >= 15 is 0 Å². The van der Waals surface area contributed by atoms with Gasteiger partial charge in [0.2, 0.25) is 0 Å². The standard InChI is InChI=1S/C16H25N5/c1-12(14-7-6-9-20(3)11-14)17-13(2)16-19-18-15-8-4-5-10-21(15)16/h4-5,8,10,12-14,17H,6-7,9,11H2,1-3H3. The van der Waals surface area contributed by atoms with Crippen molar-refractivity contribution in [2.75, 3.05) is 20.1 Å². The van der Waals surface area contributed by atoms with E-state index in [1.807, 2.05) is 24.4 Å². The Balaban J connectivity index is 1.69. The molecule has 0 saturated carbocycles. The van der Waals surface area contributed by atoms with E-state index in [2.05, 4.69) is 45.7 Å². The van der Waals surface area contributed by atoms with Crippen LogP contribution in [0.4, 0.5) is 0 Å². The predicted molar refractivity (Wildman–Crippen MR) is 84.2 cm³/mol. The van der Waals surface area contributed by atoms with Crippen molar-refractivity contribution >= 4 is 5.65 Å². The van der Waals surface area contributed by atoms with Crippen molar-refractivity contribution in [3.05, 3.63) is 30.2 Å². The van der Waals surface area contributed by atoms with Crippen LogP contribution in [0, 0.1) is 5.92 Å². The van der Waals surface area contributed by atoms with Gasteiger partial charge < -0.3 is 10.2 Å². The van der Waals surface area contributed by atoms with Crippen LogP contribution in [0.5, 0.6) is 0 Å². The number of piperidine rings is 1. The number of hydrogen-bond donors (Lipinski definition) is 1. The van der Waals surface area contributed by atoms with Crippen LogP contribution >= 0.6 is 0 Å². The van der Waals surface area contributed by atoms with Gasteiger partial charge in [0.15, 0.2) is 11.5 Å². The normalized spacial score (nSPS) is 23.3. The number of aromatic nitrogens is 3. The fourth-order valence-corrected chi connectivity index (χ4v) is 3.37. The Morgan fingerprint density at radius 2 is 2.14 bits per heavy atom. The van der Waals surface area contributed by atoms with Crippen molar-refractivity contribution in [3.63, 3.8) is 0 Å². The van der Waals surface area contributed by atoms with Crippen LogP contribution in [0.1, 0.15) is 38.6 Å². The summed E-state index contributed by atoms with van der Waals surface area (Å²) in [4.78, 5) is 2.43. The molecule has 3 atom stereocenters. The first kappa shape index (κ1) is 14.5. The molecule has 0 aromatic carbocycles. The lowest BCUT2D eigenvalue weighted by Crippen LogP contribution is -2.44. The van der Waals surface area contributed by atoms with Crippen LogP contribution in [0.3, 0.4) is 0 Å². The van der Waals surface area contributed by atoms with Gasteiger partial charge in [-0.25, -0.2) is 0 Å². The summed E-state index contributed by atoms with van der Waals surface area (Å²) in [6.45, 7) is 6.88. The molecule has 21 heavy (non-hydrogen) atoms. The predicted octanol–water partition coefficient (Wildman–Crippen LogP) is 2.11. The first-order chi connectivity index (χ1) is 10.1. The maximum Gasteiger partial charge on any atom is 0.160 e. The Kier molecular flexibility index (Phi) is 4.22. The van der Waals surface area contributed by atoms with E-state index in [1.165, 1.54) is 25.9 Å². The Hall–Kier alpha value is -1.46. The largest absolute Gasteiger partial charge is 0.306 e. The second-order valence-corrected chi connectivity index (χ2v) is 6.33. The quantitative estimate of drug-likeness (QED) is 0.935. The summed E-state index contributed by atoms with van der Waals surface area (Å²) in [7, 11) is 2.22. The molecule has 1 N–H and O–H groups in total. The van der Waals surface area contributed by atoms with Gasteiger partial charge in [0.1, 0.15) is 0 Å². The number of fused-ring (bicyclic) bond motifs is 1. The maximum atomic E-state index is 4.35. The molecule has 3 unspecified atom stereocenters. The van der Waals surface area contributed by atoms with Gasteiger partial charge in [0.25, 0.3) is 0 Å². The Bertz CT molecular complexity index is 593. The molecular formula is C16H25N5. The second-order valence-electron chi connectivity index (χ2n) is 6.33. The highest BCUT2D eigenvalue weighted by Gasteiger charge is 2.25. The van der Waals surface area contributed by atoms with Crippen LogP contribution < -0.4 is 5.32 Å². The summed E-state index contributed by atoms with van der Waals surface area (Å²) in [6, 6.07) is 6.68. The van der Waals surface area contributed by atoms with E-state index in [0.29, 0.717) is 12.0 Å². The van der Waals surface area contributed by atoms with E-state index in [4.69, 9.17) is 0 Å². The number of rotatable bonds is 4. The molecule has 1 aliphatic rings. The minimum Gasteiger partial charge on any atom is -0.306 e. The lowest BCUT2D eigenvalue weighted by Gasteiger charge is -2.35. The van der Waals surface area contributed by atoms with Crippen LogP contribution in [0.25, 0.3) is 5.65 Å². The summed E-state index contributed by atoms with van der Waals surface area (Å²) in [5, 5.41) is 12.3.